The Balaban J connectivity index is 0.00000240. The Morgan fingerprint density at radius 1 is 0.897 bits per heavy atom. The number of imidazole rings is 1. The molecule has 0 N–H and O–H groups in total. The summed E-state index contributed by atoms with van der Waals surface area (Å²) in [4.78, 5) is 4.34. The molecule has 0 saturated heterocycles. The van der Waals surface area contributed by atoms with E-state index < -0.39 is 0 Å². The van der Waals surface area contributed by atoms with Crippen molar-refractivity contribution in [2.24, 2.45) is 0 Å². The minimum atomic E-state index is 0. The molecule has 4 heteroatoms. The molecule has 0 radical (unpaired) electrons. The summed E-state index contributed by atoms with van der Waals surface area (Å²) in [6, 6.07) is 27.1. The highest BCUT2D eigenvalue weighted by Gasteiger charge is 2.06. The highest BCUT2D eigenvalue weighted by atomic mass is 35.5. The van der Waals surface area contributed by atoms with Gasteiger partial charge in [-0.2, -0.15) is 5.26 Å². The maximum atomic E-state index is 8.94. The van der Waals surface area contributed by atoms with Crippen LogP contribution in [0.1, 0.15) is 27.9 Å². The molecular formula is C25H22ClN3. The van der Waals surface area contributed by atoms with Gasteiger partial charge in [-0.15, -0.1) is 12.4 Å². The Hall–Kier alpha value is -3.35. The van der Waals surface area contributed by atoms with Crippen LogP contribution in [0.25, 0.3) is 11.1 Å². The van der Waals surface area contributed by atoms with Crippen LogP contribution in [-0.4, -0.2) is 9.55 Å². The first-order valence-corrected chi connectivity index (χ1v) is 9.36. The van der Waals surface area contributed by atoms with Gasteiger partial charge in [-0.1, -0.05) is 60.7 Å². The van der Waals surface area contributed by atoms with Crippen molar-refractivity contribution in [3.63, 3.8) is 0 Å². The molecule has 0 fully saturated rings. The van der Waals surface area contributed by atoms with Crippen molar-refractivity contribution in [3.8, 4) is 17.2 Å². The number of hydrogen-bond donors (Lipinski definition) is 0. The summed E-state index contributed by atoms with van der Waals surface area (Å²) in [5.74, 6) is 0. The van der Waals surface area contributed by atoms with Crippen LogP contribution in [-0.2, 0) is 13.0 Å². The molecule has 3 nitrogen and oxygen atoms in total. The number of aryl methyl sites for hydroxylation is 1. The number of rotatable bonds is 5. The van der Waals surface area contributed by atoms with E-state index in [0.29, 0.717) is 5.56 Å². The van der Waals surface area contributed by atoms with E-state index in [1.807, 2.05) is 36.8 Å². The summed E-state index contributed by atoms with van der Waals surface area (Å²) in [6.45, 7) is 2.93. The van der Waals surface area contributed by atoms with Crippen molar-refractivity contribution in [2.75, 3.05) is 0 Å². The summed E-state index contributed by atoms with van der Waals surface area (Å²) in [6.07, 6.45) is 4.60. The van der Waals surface area contributed by atoms with Gasteiger partial charge < -0.3 is 4.57 Å². The average molecular weight is 400 g/mol. The predicted molar refractivity (Wildman–Crippen MR) is 119 cm³/mol. The normalized spacial score (nSPS) is 10.2. The van der Waals surface area contributed by atoms with Crippen LogP contribution < -0.4 is 0 Å². The molecule has 0 aliphatic carbocycles. The number of nitrogens with zero attached hydrogens (tertiary/aromatic N) is 3. The zero-order chi connectivity index (χ0) is 19.3. The second-order valence-corrected chi connectivity index (χ2v) is 7.01. The van der Waals surface area contributed by atoms with Gasteiger partial charge in [0.2, 0.25) is 0 Å². The lowest BCUT2D eigenvalue weighted by atomic mass is 9.99. The fourth-order valence-electron chi connectivity index (χ4n) is 3.43. The molecule has 1 heterocycles. The number of halogens is 1. The van der Waals surface area contributed by atoms with Gasteiger partial charge >= 0.3 is 0 Å². The summed E-state index contributed by atoms with van der Waals surface area (Å²) >= 11 is 0. The van der Waals surface area contributed by atoms with Gasteiger partial charge in [0, 0.05) is 24.9 Å². The van der Waals surface area contributed by atoms with Crippen molar-refractivity contribution in [2.45, 2.75) is 19.9 Å². The number of nitriles is 1. The van der Waals surface area contributed by atoms with Gasteiger partial charge in [-0.3, -0.25) is 0 Å². The first-order valence-electron chi connectivity index (χ1n) is 9.36. The molecule has 0 amide bonds. The van der Waals surface area contributed by atoms with Crippen molar-refractivity contribution < 1.29 is 0 Å². The van der Waals surface area contributed by atoms with E-state index in [1.54, 1.807) is 0 Å². The zero-order valence-electron chi connectivity index (χ0n) is 16.2. The fraction of sp³-hybridized carbons (Fsp3) is 0.120. The molecule has 0 unspecified atom stereocenters. The SMILES string of the molecule is Cc1ccccc1-c1ccc(Cn2cncc2Cc2ccc(C#N)cc2)cc1.Cl. The summed E-state index contributed by atoms with van der Waals surface area (Å²) in [5.41, 5.74) is 8.07. The minimum Gasteiger partial charge on any atom is -0.330 e. The topological polar surface area (TPSA) is 41.6 Å². The molecule has 0 bridgehead atoms. The Kier molecular flexibility index (Phi) is 6.49. The van der Waals surface area contributed by atoms with Crippen molar-refractivity contribution >= 4 is 12.4 Å². The van der Waals surface area contributed by atoms with Crippen LogP contribution in [0.15, 0.2) is 85.3 Å². The lowest BCUT2D eigenvalue weighted by Gasteiger charge is -2.10. The van der Waals surface area contributed by atoms with Gasteiger partial charge in [0.1, 0.15) is 0 Å². The first-order chi connectivity index (χ1) is 13.7. The number of hydrogen-bond acceptors (Lipinski definition) is 2. The highest BCUT2D eigenvalue weighted by Crippen LogP contribution is 2.23. The Morgan fingerprint density at radius 3 is 2.28 bits per heavy atom. The quantitative estimate of drug-likeness (QED) is 0.426. The van der Waals surface area contributed by atoms with Crippen LogP contribution in [0.2, 0.25) is 0 Å². The van der Waals surface area contributed by atoms with E-state index in [1.165, 1.54) is 27.8 Å². The van der Waals surface area contributed by atoms with E-state index in [0.717, 1.165) is 18.7 Å². The van der Waals surface area contributed by atoms with Gasteiger partial charge in [-0.05, 0) is 46.9 Å². The second kappa shape index (κ2) is 9.23. The Labute approximate surface area is 177 Å². The monoisotopic (exact) mass is 399 g/mol. The predicted octanol–water partition coefficient (Wildman–Crippen LogP) is 5.79. The van der Waals surface area contributed by atoms with Crippen molar-refractivity contribution in [3.05, 3.63) is 113 Å². The fourth-order valence-corrected chi connectivity index (χ4v) is 3.43. The molecule has 29 heavy (non-hydrogen) atoms. The molecule has 0 saturated carbocycles. The lowest BCUT2D eigenvalue weighted by molar-refractivity contribution is 0.753. The molecule has 0 aliphatic rings. The minimum absolute atomic E-state index is 0. The molecular weight excluding hydrogens is 378 g/mol. The molecule has 0 atom stereocenters. The number of benzene rings is 3. The highest BCUT2D eigenvalue weighted by molar-refractivity contribution is 5.85. The summed E-state index contributed by atoms with van der Waals surface area (Å²) < 4.78 is 2.18. The van der Waals surface area contributed by atoms with Gasteiger partial charge in [-0.25, -0.2) is 4.98 Å². The largest absolute Gasteiger partial charge is 0.330 e. The maximum Gasteiger partial charge on any atom is 0.0991 e. The molecule has 3 aromatic carbocycles. The zero-order valence-corrected chi connectivity index (χ0v) is 17.1. The standard InChI is InChI=1S/C25H21N3.ClH/c1-19-4-2-3-5-25(19)23-12-10-22(11-13-23)17-28-18-27-16-24(28)14-20-6-8-21(15-26)9-7-20;/h2-13,16,18H,14,17H2,1H3;1H. The van der Waals surface area contributed by atoms with Gasteiger partial charge in [0.05, 0.1) is 18.0 Å². The molecule has 144 valence electrons. The van der Waals surface area contributed by atoms with Gasteiger partial charge in [0.15, 0.2) is 0 Å². The van der Waals surface area contributed by atoms with E-state index in [4.69, 9.17) is 5.26 Å². The second-order valence-electron chi connectivity index (χ2n) is 7.01. The van der Waals surface area contributed by atoms with Gasteiger partial charge in [0.25, 0.3) is 0 Å². The van der Waals surface area contributed by atoms with Crippen LogP contribution in [0.3, 0.4) is 0 Å². The number of aromatic nitrogens is 2. The van der Waals surface area contributed by atoms with E-state index in [-0.39, 0.29) is 12.4 Å². The molecule has 4 rings (SSSR count). The van der Waals surface area contributed by atoms with Crippen LogP contribution >= 0.6 is 12.4 Å². The third-order valence-corrected chi connectivity index (χ3v) is 5.03. The Bertz CT molecular complexity index is 1120. The van der Waals surface area contributed by atoms with Crippen LogP contribution in [0.4, 0.5) is 0 Å². The average Bonchev–Trinajstić information content (AvgIpc) is 3.16. The lowest BCUT2D eigenvalue weighted by Crippen LogP contribution is -2.04. The van der Waals surface area contributed by atoms with Crippen LogP contribution in [0.5, 0.6) is 0 Å². The van der Waals surface area contributed by atoms with Crippen molar-refractivity contribution in [1.29, 1.82) is 5.26 Å². The summed E-state index contributed by atoms with van der Waals surface area (Å²) in [7, 11) is 0. The van der Waals surface area contributed by atoms with Crippen molar-refractivity contribution in [1.82, 2.24) is 9.55 Å². The van der Waals surface area contributed by atoms with Crippen LogP contribution in [0, 0.1) is 18.3 Å². The first kappa shape index (κ1) is 20.4. The smallest absolute Gasteiger partial charge is 0.0991 e. The third-order valence-electron chi connectivity index (χ3n) is 5.03. The molecule has 1 aromatic heterocycles. The Morgan fingerprint density at radius 2 is 1.59 bits per heavy atom. The molecule has 4 aromatic rings. The van der Waals surface area contributed by atoms with E-state index in [9.17, 15) is 0 Å². The third kappa shape index (κ3) is 4.74. The maximum absolute atomic E-state index is 8.94. The molecule has 0 spiro atoms. The molecule has 0 aliphatic heterocycles. The van der Waals surface area contributed by atoms with E-state index in [2.05, 4.69) is 71.1 Å². The van der Waals surface area contributed by atoms with E-state index >= 15 is 0 Å². The summed E-state index contributed by atoms with van der Waals surface area (Å²) in [5, 5.41) is 8.94.